The molecule has 3 aromatic carbocycles. The molecule has 186 valence electrons. The largest absolute Gasteiger partial charge is 0.493 e. The first kappa shape index (κ1) is 25.1. The van der Waals surface area contributed by atoms with Gasteiger partial charge in [0.2, 0.25) is 5.89 Å². The summed E-state index contributed by atoms with van der Waals surface area (Å²) in [4.78, 5) is 16.2. The number of aryl methyl sites for hydroxylation is 1. The maximum absolute atomic E-state index is 13.1. The zero-order valence-corrected chi connectivity index (χ0v) is 19.7. The van der Waals surface area contributed by atoms with Crippen LogP contribution in [0.1, 0.15) is 22.6 Å². The van der Waals surface area contributed by atoms with Crippen LogP contribution in [0.4, 0.5) is 8.78 Å². The van der Waals surface area contributed by atoms with Crippen molar-refractivity contribution < 1.29 is 27.8 Å². The van der Waals surface area contributed by atoms with Gasteiger partial charge >= 0.3 is 5.97 Å². The summed E-state index contributed by atoms with van der Waals surface area (Å²) in [6.45, 7) is 2.53. The second-order valence-corrected chi connectivity index (χ2v) is 8.37. The third-order valence-corrected chi connectivity index (χ3v) is 5.72. The van der Waals surface area contributed by atoms with E-state index in [1.54, 1.807) is 36.4 Å². The Morgan fingerprint density at radius 3 is 2.22 bits per heavy atom. The fourth-order valence-electron chi connectivity index (χ4n) is 3.69. The molecule has 0 fully saturated rings. The van der Waals surface area contributed by atoms with E-state index >= 15 is 0 Å². The highest BCUT2D eigenvalue weighted by Gasteiger charge is 2.17. The molecule has 0 amide bonds. The second-order valence-electron chi connectivity index (χ2n) is 8.37. The van der Waals surface area contributed by atoms with Gasteiger partial charge in [-0.2, -0.15) is 0 Å². The Morgan fingerprint density at radius 2 is 1.58 bits per heavy atom. The Balaban J connectivity index is 1.28. The van der Waals surface area contributed by atoms with Crippen molar-refractivity contribution in [1.29, 1.82) is 0 Å². The summed E-state index contributed by atoms with van der Waals surface area (Å²) in [5.74, 6) is 0.169. The number of rotatable bonds is 11. The number of hydrogen-bond acceptors (Lipinski definition) is 5. The highest BCUT2D eigenvalue weighted by atomic mass is 19.1. The Labute approximate surface area is 207 Å². The molecule has 1 aromatic heterocycles. The third-order valence-electron chi connectivity index (χ3n) is 5.72. The minimum atomic E-state index is -0.958. The van der Waals surface area contributed by atoms with Crippen LogP contribution in [-0.2, 0) is 24.2 Å². The van der Waals surface area contributed by atoms with Crippen molar-refractivity contribution in [2.45, 2.75) is 32.4 Å². The lowest BCUT2D eigenvalue weighted by molar-refractivity contribution is -0.139. The minimum Gasteiger partial charge on any atom is -0.493 e. The fraction of sp³-hybridized carbons (Fsp3) is 0.214. The van der Waals surface area contributed by atoms with Gasteiger partial charge in [-0.3, -0.25) is 4.79 Å². The van der Waals surface area contributed by atoms with E-state index in [1.807, 2.05) is 19.1 Å². The normalized spacial score (nSPS) is 11.9. The average Bonchev–Trinajstić information content (AvgIpc) is 3.24. The molecule has 0 saturated heterocycles. The van der Waals surface area contributed by atoms with Gasteiger partial charge < -0.3 is 19.6 Å². The van der Waals surface area contributed by atoms with Crippen molar-refractivity contribution in [2.24, 2.45) is 0 Å². The Hall–Kier alpha value is -4.04. The van der Waals surface area contributed by atoms with Gasteiger partial charge in [-0.1, -0.05) is 24.3 Å². The molecule has 2 N–H and O–H groups in total. The number of benzene rings is 3. The lowest BCUT2D eigenvalue weighted by atomic mass is 10.1. The van der Waals surface area contributed by atoms with Crippen molar-refractivity contribution in [3.8, 4) is 17.2 Å². The molecule has 4 rings (SSSR count). The molecule has 0 saturated carbocycles. The zero-order valence-electron chi connectivity index (χ0n) is 19.7. The van der Waals surface area contributed by atoms with Crippen LogP contribution in [-0.4, -0.2) is 28.7 Å². The number of carboxylic acids is 1. The summed E-state index contributed by atoms with van der Waals surface area (Å²) >= 11 is 0. The van der Waals surface area contributed by atoms with Gasteiger partial charge in [0, 0.05) is 18.5 Å². The standard InChI is InChI=1S/C28H26F2N2O4/c1-18-25(32-27(36-18)21-6-10-23(30)11-7-21)14-15-35-24-12-4-19(5-13-24)16-26(28(33)34)31-17-20-2-8-22(29)9-3-20/h2-13,26,31H,14-17H2,1H3,(H,33,34)/t26-/m0/s1. The Morgan fingerprint density at radius 1 is 0.972 bits per heavy atom. The highest BCUT2D eigenvalue weighted by Crippen LogP contribution is 2.22. The predicted octanol–water partition coefficient (Wildman–Crippen LogP) is 5.34. The molecule has 36 heavy (non-hydrogen) atoms. The number of nitrogens with zero attached hydrogens (tertiary/aromatic N) is 1. The van der Waals surface area contributed by atoms with E-state index in [1.165, 1.54) is 24.3 Å². The lowest BCUT2D eigenvalue weighted by Gasteiger charge is -2.15. The number of carbonyl (C=O) groups is 1. The third kappa shape index (κ3) is 6.76. The van der Waals surface area contributed by atoms with Crippen LogP contribution in [0, 0.1) is 18.6 Å². The highest BCUT2D eigenvalue weighted by molar-refractivity contribution is 5.74. The summed E-state index contributed by atoms with van der Waals surface area (Å²) in [7, 11) is 0. The molecular weight excluding hydrogens is 466 g/mol. The van der Waals surface area contributed by atoms with Gasteiger partial charge in [-0.25, -0.2) is 13.8 Å². The van der Waals surface area contributed by atoms with Crippen LogP contribution >= 0.6 is 0 Å². The number of aliphatic carboxylic acids is 1. The lowest BCUT2D eigenvalue weighted by Crippen LogP contribution is -2.38. The number of halogens is 2. The molecule has 0 aliphatic heterocycles. The van der Waals surface area contributed by atoms with Crippen LogP contribution < -0.4 is 10.1 Å². The van der Waals surface area contributed by atoms with E-state index in [0.717, 1.165) is 16.8 Å². The van der Waals surface area contributed by atoms with Crippen LogP contribution in [0.5, 0.6) is 5.75 Å². The molecule has 6 nitrogen and oxygen atoms in total. The van der Waals surface area contributed by atoms with Crippen molar-refractivity contribution in [2.75, 3.05) is 6.61 Å². The first-order valence-electron chi connectivity index (χ1n) is 11.5. The fourth-order valence-corrected chi connectivity index (χ4v) is 3.69. The van der Waals surface area contributed by atoms with Gasteiger partial charge in [0.25, 0.3) is 0 Å². The van der Waals surface area contributed by atoms with Crippen molar-refractivity contribution in [3.63, 3.8) is 0 Å². The number of carboxylic acid groups (broad SMARTS) is 1. The van der Waals surface area contributed by atoms with E-state index in [2.05, 4.69) is 10.3 Å². The van der Waals surface area contributed by atoms with E-state index in [0.29, 0.717) is 49.0 Å². The summed E-state index contributed by atoms with van der Waals surface area (Å²) in [5, 5.41) is 12.6. The predicted molar refractivity (Wildman–Crippen MR) is 131 cm³/mol. The van der Waals surface area contributed by atoms with Gasteiger partial charge in [0.15, 0.2) is 0 Å². The van der Waals surface area contributed by atoms with Crippen molar-refractivity contribution >= 4 is 5.97 Å². The summed E-state index contributed by atoms with van der Waals surface area (Å²) in [6.07, 6.45) is 0.827. The smallest absolute Gasteiger partial charge is 0.321 e. The van der Waals surface area contributed by atoms with E-state index in [9.17, 15) is 18.7 Å². The monoisotopic (exact) mass is 492 g/mol. The summed E-state index contributed by atoms with van der Waals surface area (Å²) in [5.41, 5.74) is 3.12. The van der Waals surface area contributed by atoms with Gasteiger partial charge in [-0.15, -0.1) is 0 Å². The molecular formula is C28H26F2N2O4. The first-order chi connectivity index (χ1) is 17.4. The van der Waals surface area contributed by atoms with Crippen molar-refractivity contribution in [3.05, 3.63) is 107 Å². The summed E-state index contributed by atoms with van der Waals surface area (Å²) < 4.78 is 37.7. The van der Waals surface area contributed by atoms with E-state index < -0.39 is 12.0 Å². The molecule has 8 heteroatoms. The van der Waals surface area contributed by atoms with Gasteiger partial charge in [0.05, 0.1) is 12.3 Å². The maximum Gasteiger partial charge on any atom is 0.321 e. The Kier molecular flexibility index (Phi) is 8.07. The van der Waals surface area contributed by atoms with Crippen LogP contribution in [0.2, 0.25) is 0 Å². The number of ether oxygens (including phenoxy) is 1. The zero-order chi connectivity index (χ0) is 25.5. The maximum atomic E-state index is 13.1. The minimum absolute atomic E-state index is 0.293. The topological polar surface area (TPSA) is 84.6 Å². The molecule has 1 atom stereocenters. The SMILES string of the molecule is Cc1oc(-c2ccc(F)cc2)nc1CCOc1ccc(C[C@H](NCc2ccc(F)cc2)C(=O)O)cc1. The first-order valence-corrected chi connectivity index (χ1v) is 11.5. The molecule has 4 aromatic rings. The molecule has 0 unspecified atom stereocenters. The number of oxazole rings is 1. The van der Waals surface area contributed by atoms with Crippen LogP contribution in [0.25, 0.3) is 11.5 Å². The number of hydrogen-bond donors (Lipinski definition) is 2. The number of aromatic nitrogens is 1. The number of nitrogens with one attached hydrogen (secondary N) is 1. The molecule has 1 heterocycles. The quantitative estimate of drug-likeness (QED) is 0.294. The van der Waals surface area contributed by atoms with Gasteiger partial charge in [-0.05, 0) is 73.0 Å². The molecule has 0 bridgehead atoms. The van der Waals surface area contributed by atoms with Crippen molar-refractivity contribution in [1.82, 2.24) is 10.3 Å². The Bertz CT molecular complexity index is 1290. The van der Waals surface area contributed by atoms with E-state index in [-0.39, 0.29) is 11.6 Å². The summed E-state index contributed by atoms with van der Waals surface area (Å²) in [6, 6.07) is 18.4. The molecule has 0 spiro atoms. The second kappa shape index (κ2) is 11.6. The van der Waals surface area contributed by atoms with E-state index in [4.69, 9.17) is 9.15 Å². The molecule has 0 aliphatic carbocycles. The van der Waals surface area contributed by atoms with Gasteiger partial charge in [0.1, 0.15) is 29.2 Å². The molecule has 0 radical (unpaired) electrons. The van der Waals surface area contributed by atoms with Crippen LogP contribution in [0.3, 0.4) is 0 Å². The average molecular weight is 493 g/mol. The van der Waals surface area contributed by atoms with Crippen LogP contribution in [0.15, 0.2) is 77.2 Å². The molecule has 0 aliphatic rings.